The summed E-state index contributed by atoms with van der Waals surface area (Å²) in [6, 6.07) is 15.6. The van der Waals surface area contributed by atoms with Crippen molar-refractivity contribution >= 4 is 17.6 Å². The smallest absolute Gasteiger partial charge is 0.340 e. The molecule has 0 radical (unpaired) electrons. The Labute approximate surface area is 171 Å². The molecule has 0 unspecified atom stereocenters. The second-order valence-electron chi connectivity index (χ2n) is 7.40. The van der Waals surface area contributed by atoms with Gasteiger partial charge in [0.1, 0.15) is 0 Å². The first-order valence-electron chi connectivity index (χ1n) is 9.56. The van der Waals surface area contributed by atoms with Crippen LogP contribution >= 0.6 is 0 Å². The number of anilines is 1. The second kappa shape index (κ2) is 8.35. The zero-order valence-corrected chi connectivity index (χ0v) is 17.5. The van der Waals surface area contributed by atoms with E-state index >= 15 is 0 Å². The number of carbonyl (C=O) groups is 2. The van der Waals surface area contributed by atoms with Gasteiger partial charge in [-0.1, -0.05) is 35.4 Å². The Morgan fingerprint density at radius 1 is 0.897 bits per heavy atom. The minimum atomic E-state index is -0.507. The monoisotopic (exact) mass is 390 g/mol. The molecule has 0 aliphatic rings. The van der Waals surface area contributed by atoms with Crippen molar-refractivity contribution in [1.82, 2.24) is 4.57 Å². The van der Waals surface area contributed by atoms with Gasteiger partial charge in [-0.3, -0.25) is 4.79 Å². The number of amides is 1. The number of aryl methyl sites for hydroxylation is 4. The molecule has 3 aromatic rings. The number of rotatable bonds is 5. The van der Waals surface area contributed by atoms with Crippen LogP contribution in [0.2, 0.25) is 0 Å². The van der Waals surface area contributed by atoms with Crippen LogP contribution in [0.4, 0.5) is 5.69 Å². The molecule has 0 aliphatic carbocycles. The summed E-state index contributed by atoms with van der Waals surface area (Å²) in [7, 11) is 0. The molecule has 2 aromatic carbocycles. The number of nitrogens with zero attached hydrogens (tertiary/aromatic N) is 1. The Morgan fingerprint density at radius 3 is 2.21 bits per heavy atom. The molecular formula is C24H26N2O3. The fourth-order valence-corrected chi connectivity index (χ4v) is 3.41. The van der Waals surface area contributed by atoms with Crippen molar-refractivity contribution in [1.29, 1.82) is 0 Å². The molecule has 0 bridgehead atoms. The third-order valence-corrected chi connectivity index (χ3v) is 4.93. The molecule has 0 atom stereocenters. The summed E-state index contributed by atoms with van der Waals surface area (Å²) in [5, 5.41) is 2.79. The van der Waals surface area contributed by atoms with Crippen molar-refractivity contribution in [2.75, 3.05) is 11.9 Å². The standard InChI is InChI=1S/C24H26N2O3/c1-15-6-9-20(10-7-15)26-18(4)13-21(19(26)5)24(28)29-14-23(27)25-22-11-8-16(2)12-17(22)3/h6-13H,14H2,1-5H3,(H,25,27). The fraction of sp³-hybridized carbons (Fsp3) is 0.250. The van der Waals surface area contributed by atoms with Crippen molar-refractivity contribution in [2.45, 2.75) is 34.6 Å². The molecule has 5 nitrogen and oxygen atoms in total. The number of aromatic nitrogens is 1. The average Bonchev–Trinajstić information content (AvgIpc) is 2.97. The molecule has 3 rings (SSSR count). The summed E-state index contributed by atoms with van der Waals surface area (Å²) in [5.74, 6) is -0.870. The molecule has 0 aliphatic heterocycles. The van der Waals surface area contributed by atoms with Gasteiger partial charge in [-0.2, -0.15) is 0 Å². The van der Waals surface area contributed by atoms with Gasteiger partial charge in [0.05, 0.1) is 5.56 Å². The van der Waals surface area contributed by atoms with Crippen molar-refractivity contribution in [3.05, 3.63) is 82.2 Å². The lowest BCUT2D eigenvalue weighted by molar-refractivity contribution is -0.119. The highest BCUT2D eigenvalue weighted by Crippen LogP contribution is 2.22. The lowest BCUT2D eigenvalue weighted by Gasteiger charge is -2.11. The van der Waals surface area contributed by atoms with Crippen LogP contribution < -0.4 is 5.32 Å². The third kappa shape index (κ3) is 4.57. The van der Waals surface area contributed by atoms with E-state index in [-0.39, 0.29) is 12.5 Å². The number of hydrogen-bond donors (Lipinski definition) is 1. The molecule has 1 N–H and O–H groups in total. The minimum Gasteiger partial charge on any atom is -0.452 e. The predicted octanol–water partition coefficient (Wildman–Crippen LogP) is 4.81. The van der Waals surface area contributed by atoms with Gasteiger partial charge in [-0.25, -0.2) is 4.79 Å². The van der Waals surface area contributed by atoms with Crippen LogP contribution in [0, 0.1) is 34.6 Å². The maximum Gasteiger partial charge on any atom is 0.340 e. The van der Waals surface area contributed by atoms with E-state index in [0.717, 1.165) is 28.2 Å². The van der Waals surface area contributed by atoms with Gasteiger partial charge in [0.2, 0.25) is 0 Å². The van der Waals surface area contributed by atoms with Gasteiger partial charge in [0.15, 0.2) is 6.61 Å². The summed E-state index contributed by atoms with van der Waals surface area (Å²) >= 11 is 0. The molecule has 150 valence electrons. The third-order valence-electron chi connectivity index (χ3n) is 4.93. The molecule has 1 heterocycles. The summed E-state index contributed by atoms with van der Waals surface area (Å²) in [4.78, 5) is 24.8. The van der Waals surface area contributed by atoms with Crippen LogP contribution in [0.5, 0.6) is 0 Å². The average molecular weight is 390 g/mol. The van der Waals surface area contributed by atoms with Crippen LogP contribution in [-0.2, 0) is 9.53 Å². The van der Waals surface area contributed by atoms with Crippen molar-refractivity contribution in [3.63, 3.8) is 0 Å². The van der Waals surface area contributed by atoms with E-state index in [4.69, 9.17) is 4.74 Å². The molecule has 0 fully saturated rings. The van der Waals surface area contributed by atoms with Gasteiger partial charge in [-0.15, -0.1) is 0 Å². The summed E-state index contributed by atoms with van der Waals surface area (Å²) in [6.45, 7) is 9.43. The highest BCUT2D eigenvalue weighted by atomic mass is 16.5. The Morgan fingerprint density at radius 2 is 1.55 bits per heavy atom. The number of nitrogens with one attached hydrogen (secondary N) is 1. The van der Waals surface area contributed by atoms with Gasteiger partial charge in [0.25, 0.3) is 5.91 Å². The zero-order chi connectivity index (χ0) is 21.1. The topological polar surface area (TPSA) is 60.3 Å². The van der Waals surface area contributed by atoms with Gasteiger partial charge in [0, 0.05) is 22.8 Å². The summed E-state index contributed by atoms with van der Waals surface area (Å²) < 4.78 is 7.27. The number of ether oxygens (including phenoxy) is 1. The summed E-state index contributed by atoms with van der Waals surface area (Å²) in [6.07, 6.45) is 0. The molecule has 0 saturated carbocycles. The number of carbonyl (C=O) groups excluding carboxylic acids is 2. The number of hydrogen-bond acceptors (Lipinski definition) is 3. The van der Waals surface area contributed by atoms with E-state index in [0.29, 0.717) is 11.3 Å². The Kier molecular flexibility index (Phi) is 5.87. The predicted molar refractivity (Wildman–Crippen MR) is 115 cm³/mol. The highest BCUT2D eigenvalue weighted by Gasteiger charge is 2.19. The highest BCUT2D eigenvalue weighted by molar-refractivity contribution is 5.96. The maximum absolute atomic E-state index is 12.6. The fourth-order valence-electron chi connectivity index (χ4n) is 3.41. The van der Waals surface area contributed by atoms with Crippen molar-refractivity contribution < 1.29 is 14.3 Å². The van der Waals surface area contributed by atoms with Crippen LogP contribution in [0.15, 0.2) is 48.5 Å². The minimum absolute atomic E-state index is 0.333. The van der Waals surface area contributed by atoms with Crippen molar-refractivity contribution in [2.24, 2.45) is 0 Å². The molecule has 29 heavy (non-hydrogen) atoms. The second-order valence-corrected chi connectivity index (χ2v) is 7.40. The SMILES string of the molecule is Cc1ccc(-n2c(C)cc(C(=O)OCC(=O)Nc3ccc(C)cc3C)c2C)cc1. The lowest BCUT2D eigenvalue weighted by atomic mass is 10.1. The molecule has 0 spiro atoms. The Balaban J connectivity index is 1.69. The Bertz CT molecular complexity index is 1060. The number of esters is 1. The molecule has 1 aromatic heterocycles. The molecule has 1 amide bonds. The van der Waals surface area contributed by atoms with E-state index < -0.39 is 5.97 Å². The van der Waals surface area contributed by atoms with Crippen molar-refractivity contribution in [3.8, 4) is 5.69 Å². The summed E-state index contributed by atoms with van der Waals surface area (Å²) in [5.41, 5.74) is 7.13. The zero-order valence-electron chi connectivity index (χ0n) is 17.5. The first kappa shape index (κ1) is 20.4. The normalized spacial score (nSPS) is 10.7. The van der Waals surface area contributed by atoms with Gasteiger partial charge in [-0.05, 0) is 64.4 Å². The molecule has 5 heteroatoms. The molecular weight excluding hydrogens is 364 g/mol. The largest absolute Gasteiger partial charge is 0.452 e. The first-order chi connectivity index (χ1) is 13.8. The van der Waals surface area contributed by atoms with E-state index in [2.05, 4.69) is 5.32 Å². The van der Waals surface area contributed by atoms with Crippen LogP contribution in [0.25, 0.3) is 5.69 Å². The van der Waals surface area contributed by atoms with Crippen LogP contribution in [0.3, 0.4) is 0 Å². The Hall–Kier alpha value is -3.34. The molecule has 0 saturated heterocycles. The maximum atomic E-state index is 12.6. The van der Waals surface area contributed by atoms with Crippen LogP contribution in [-0.4, -0.2) is 23.1 Å². The van der Waals surface area contributed by atoms with Crippen LogP contribution in [0.1, 0.15) is 38.4 Å². The quantitative estimate of drug-likeness (QED) is 0.636. The first-order valence-corrected chi connectivity index (χ1v) is 9.56. The van der Waals surface area contributed by atoms with Gasteiger partial charge >= 0.3 is 5.97 Å². The lowest BCUT2D eigenvalue weighted by Crippen LogP contribution is -2.21. The van der Waals surface area contributed by atoms with E-state index in [1.54, 1.807) is 6.07 Å². The van der Waals surface area contributed by atoms with E-state index in [1.165, 1.54) is 5.56 Å². The number of benzene rings is 2. The van der Waals surface area contributed by atoms with E-state index in [9.17, 15) is 9.59 Å². The van der Waals surface area contributed by atoms with Gasteiger partial charge < -0.3 is 14.6 Å². The van der Waals surface area contributed by atoms with E-state index in [1.807, 2.05) is 81.7 Å².